The topological polar surface area (TPSA) is 105 Å². The molecule has 0 aliphatic rings. The van der Waals surface area contributed by atoms with E-state index < -0.39 is 46.9 Å². The molecule has 0 aliphatic heterocycles. The Labute approximate surface area is 164 Å². The number of hydrogen-bond donors (Lipinski definition) is 3. The molecular weight excluding hydrogens is 389 g/mol. The van der Waals surface area contributed by atoms with Crippen molar-refractivity contribution in [3.8, 4) is 0 Å². The Kier molecular flexibility index (Phi) is 6.94. The summed E-state index contributed by atoms with van der Waals surface area (Å²) in [5.74, 6) is -6.32. The van der Waals surface area contributed by atoms with Gasteiger partial charge >= 0.3 is 0 Å². The van der Waals surface area contributed by atoms with E-state index in [0.717, 1.165) is 6.07 Å². The normalized spacial score (nSPS) is 11.8. The molecule has 3 amide bonds. The first kappa shape index (κ1) is 21.9. The highest BCUT2D eigenvalue weighted by Gasteiger charge is 2.21. The van der Waals surface area contributed by atoms with Crippen molar-refractivity contribution in [3.63, 3.8) is 0 Å². The van der Waals surface area contributed by atoms with Crippen LogP contribution in [-0.4, -0.2) is 42.3 Å². The van der Waals surface area contributed by atoms with E-state index in [-0.39, 0.29) is 12.1 Å². The number of nitrogens with zero attached hydrogens (tertiary/aromatic N) is 1. The first-order chi connectivity index (χ1) is 13.6. The van der Waals surface area contributed by atoms with Crippen LogP contribution >= 0.6 is 0 Å². The molecule has 0 fully saturated rings. The Balaban J connectivity index is 1.94. The molecule has 0 spiro atoms. The summed E-state index contributed by atoms with van der Waals surface area (Å²) in [6.07, 6.45) is 0. The van der Waals surface area contributed by atoms with Crippen LogP contribution in [0.5, 0.6) is 0 Å². The maximum atomic E-state index is 13.6. The summed E-state index contributed by atoms with van der Waals surface area (Å²) in [6, 6.07) is 6.75. The van der Waals surface area contributed by atoms with E-state index in [4.69, 9.17) is 5.73 Å². The third-order valence-electron chi connectivity index (χ3n) is 4.18. The number of anilines is 2. The second kappa shape index (κ2) is 9.20. The van der Waals surface area contributed by atoms with Crippen molar-refractivity contribution in [1.82, 2.24) is 4.90 Å². The number of carbonyl (C=O) groups excluding carboxylic acids is 3. The quantitative estimate of drug-likeness (QED) is 0.611. The predicted molar refractivity (Wildman–Crippen MR) is 101 cm³/mol. The monoisotopic (exact) mass is 408 g/mol. The van der Waals surface area contributed by atoms with E-state index in [9.17, 15) is 27.6 Å². The minimum atomic E-state index is -1.69. The van der Waals surface area contributed by atoms with E-state index >= 15 is 0 Å². The first-order valence-corrected chi connectivity index (χ1v) is 8.44. The van der Waals surface area contributed by atoms with Crippen molar-refractivity contribution >= 4 is 29.1 Å². The molecule has 0 heterocycles. The van der Waals surface area contributed by atoms with Crippen LogP contribution in [0, 0.1) is 17.5 Å². The first-order valence-electron chi connectivity index (χ1n) is 8.44. The highest BCUT2D eigenvalue weighted by molar-refractivity contribution is 5.97. The molecule has 4 N–H and O–H groups in total. The SMILES string of the molecule is C[C@H](C(=O)Nc1ccc(C(N)=O)cc1)N(C)CC(=O)Nc1ccc(F)c(F)c1F. The molecule has 0 unspecified atom stereocenters. The van der Waals surface area contributed by atoms with Gasteiger partial charge in [-0.3, -0.25) is 19.3 Å². The molecule has 2 rings (SSSR count). The molecule has 10 heteroatoms. The highest BCUT2D eigenvalue weighted by atomic mass is 19.2. The van der Waals surface area contributed by atoms with Gasteiger partial charge in [-0.15, -0.1) is 0 Å². The molecular formula is C19H19F3N4O3. The molecule has 0 aromatic heterocycles. The number of nitrogens with one attached hydrogen (secondary N) is 2. The highest BCUT2D eigenvalue weighted by Crippen LogP contribution is 2.19. The number of primary amides is 1. The summed E-state index contributed by atoms with van der Waals surface area (Å²) in [4.78, 5) is 36.8. The number of hydrogen-bond acceptors (Lipinski definition) is 4. The zero-order valence-electron chi connectivity index (χ0n) is 15.6. The summed E-state index contributed by atoms with van der Waals surface area (Å²) in [5.41, 5.74) is 5.35. The molecule has 154 valence electrons. The van der Waals surface area contributed by atoms with Crippen LogP contribution in [-0.2, 0) is 9.59 Å². The van der Waals surface area contributed by atoms with E-state index in [2.05, 4.69) is 10.6 Å². The Bertz CT molecular complexity index is 935. The Hall–Kier alpha value is -3.40. The minimum Gasteiger partial charge on any atom is -0.366 e. The van der Waals surface area contributed by atoms with E-state index in [1.54, 1.807) is 6.92 Å². The lowest BCUT2D eigenvalue weighted by Gasteiger charge is -2.23. The molecule has 0 saturated carbocycles. The van der Waals surface area contributed by atoms with Crippen molar-refractivity contribution in [2.24, 2.45) is 5.73 Å². The summed E-state index contributed by atoms with van der Waals surface area (Å²) >= 11 is 0. The number of benzene rings is 2. The van der Waals surface area contributed by atoms with Gasteiger partial charge in [0.15, 0.2) is 17.5 Å². The van der Waals surface area contributed by atoms with Gasteiger partial charge in [0, 0.05) is 11.3 Å². The smallest absolute Gasteiger partial charge is 0.248 e. The van der Waals surface area contributed by atoms with E-state index in [1.807, 2.05) is 0 Å². The Morgan fingerprint density at radius 3 is 2.21 bits per heavy atom. The van der Waals surface area contributed by atoms with Gasteiger partial charge in [0.1, 0.15) is 0 Å². The van der Waals surface area contributed by atoms with Gasteiger partial charge in [-0.25, -0.2) is 13.2 Å². The van der Waals surface area contributed by atoms with Crippen LogP contribution in [0.15, 0.2) is 36.4 Å². The number of rotatable bonds is 7. The third-order valence-corrected chi connectivity index (χ3v) is 4.18. The third kappa shape index (κ3) is 5.55. The van der Waals surface area contributed by atoms with Gasteiger partial charge in [0.25, 0.3) is 0 Å². The fraction of sp³-hybridized carbons (Fsp3) is 0.211. The zero-order chi connectivity index (χ0) is 21.7. The molecule has 29 heavy (non-hydrogen) atoms. The second-order valence-corrected chi connectivity index (χ2v) is 6.29. The maximum absolute atomic E-state index is 13.6. The van der Waals surface area contributed by atoms with Gasteiger partial charge in [-0.05, 0) is 50.4 Å². The summed E-state index contributed by atoms with van der Waals surface area (Å²) in [6.45, 7) is 1.23. The van der Waals surface area contributed by atoms with Gasteiger partial charge in [-0.2, -0.15) is 0 Å². The minimum absolute atomic E-state index is 0.286. The van der Waals surface area contributed by atoms with Crippen LogP contribution in [0.3, 0.4) is 0 Å². The Morgan fingerprint density at radius 1 is 1.00 bits per heavy atom. The van der Waals surface area contributed by atoms with E-state index in [1.165, 1.54) is 36.2 Å². The van der Waals surface area contributed by atoms with E-state index in [0.29, 0.717) is 11.8 Å². The van der Waals surface area contributed by atoms with Gasteiger partial charge in [0.05, 0.1) is 18.3 Å². The average molecular weight is 408 g/mol. The lowest BCUT2D eigenvalue weighted by Crippen LogP contribution is -2.43. The molecule has 2 aromatic carbocycles. The molecule has 0 aliphatic carbocycles. The summed E-state index contributed by atoms with van der Waals surface area (Å²) in [5, 5.41) is 4.75. The predicted octanol–water partition coefficient (Wildman–Crippen LogP) is 2.10. The Morgan fingerprint density at radius 2 is 1.62 bits per heavy atom. The van der Waals surface area contributed by atoms with Crippen LogP contribution < -0.4 is 16.4 Å². The van der Waals surface area contributed by atoms with Crippen molar-refractivity contribution in [2.45, 2.75) is 13.0 Å². The lowest BCUT2D eigenvalue weighted by atomic mass is 10.2. The average Bonchev–Trinajstić information content (AvgIpc) is 2.68. The summed E-state index contributed by atoms with van der Waals surface area (Å²) in [7, 11) is 1.49. The molecule has 2 aromatic rings. The zero-order valence-corrected chi connectivity index (χ0v) is 15.6. The van der Waals surface area contributed by atoms with Crippen LogP contribution in [0.25, 0.3) is 0 Å². The van der Waals surface area contributed by atoms with Crippen molar-refractivity contribution in [2.75, 3.05) is 24.2 Å². The fourth-order valence-corrected chi connectivity index (χ4v) is 2.34. The molecule has 1 atom stereocenters. The summed E-state index contributed by atoms with van der Waals surface area (Å²) < 4.78 is 39.8. The number of nitrogens with two attached hydrogens (primary N) is 1. The maximum Gasteiger partial charge on any atom is 0.248 e. The van der Waals surface area contributed by atoms with Gasteiger partial charge < -0.3 is 16.4 Å². The second-order valence-electron chi connectivity index (χ2n) is 6.29. The van der Waals surface area contributed by atoms with Gasteiger partial charge in [0.2, 0.25) is 17.7 Å². The standard InChI is InChI=1S/C19H19F3N4O3/c1-10(19(29)24-12-5-3-11(4-6-12)18(23)28)26(2)9-15(27)25-14-8-7-13(20)16(21)17(14)22/h3-8,10H,9H2,1-2H3,(H2,23,28)(H,24,29)(H,25,27)/t10-/m1/s1. The number of halogens is 3. The number of carbonyl (C=O) groups is 3. The van der Waals surface area contributed by atoms with Crippen LogP contribution in [0.1, 0.15) is 17.3 Å². The molecule has 7 nitrogen and oxygen atoms in total. The van der Waals surface area contributed by atoms with Crippen LogP contribution in [0.2, 0.25) is 0 Å². The lowest BCUT2D eigenvalue weighted by molar-refractivity contribution is -0.122. The van der Waals surface area contributed by atoms with Crippen LogP contribution in [0.4, 0.5) is 24.5 Å². The van der Waals surface area contributed by atoms with Crippen molar-refractivity contribution in [3.05, 3.63) is 59.4 Å². The van der Waals surface area contributed by atoms with Gasteiger partial charge in [-0.1, -0.05) is 0 Å². The number of amides is 3. The number of likely N-dealkylation sites (N-methyl/N-ethyl adjacent to an activating group) is 1. The largest absolute Gasteiger partial charge is 0.366 e. The molecule has 0 bridgehead atoms. The van der Waals surface area contributed by atoms with Crippen molar-refractivity contribution in [1.29, 1.82) is 0 Å². The fourth-order valence-electron chi connectivity index (χ4n) is 2.34. The molecule has 0 radical (unpaired) electrons. The van der Waals surface area contributed by atoms with Crippen molar-refractivity contribution < 1.29 is 27.6 Å². The molecule has 0 saturated heterocycles.